The van der Waals surface area contributed by atoms with Crippen molar-refractivity contribution >= 4 is 21.8 Å². The molecule has 53 valence electrons. The molecule has 1 heterocycles. The quantitative estimate of drug-likeness (QED) is 0.259. The van der Waals surface area contributed by atoms with Crippen molar-refractivity contribution in [3.05, 3.63) is 0 Å². The van der Waals surface area contributed by atoms with Gasteiger partial charge >= 0.3 is 14.2 Å². The molecule has 0 aliphatic carbocycles. The van der Waals surface area contributed by atoms with Gasteiger partial charge in [-0.1, -0.05) is 0 Å². The van der Waals surface area contributed by atoms with Gasteiger partial charge in [0.15, 0.2) is 0 Å². The average Bonchev–Trinajstić information content (AvgIpc) is 2.05. The van der Waals surface area contributed by atoms with Gasteiger partial charge in [0.1, 0.15) is 0 Å². The molecule has 0 saturated carbocycles. The fourth-order valence-electron chi connectivity index (χ4n) is 0.811. The van der Waals surface area contributed by atoms with Gasteiger partial charge in [-0.2, -0.15) is 0 Å². The second-order valence-electron chi connectivity index (χ2n) is 2.09. The average molecular weight is 138 g/mol. The zero-order valence-corrected chi connectivity index (χ0v) is 6.23. The minimum absolute atomic E-state index is 0.138. The summed E-state index contributed by atoms with van der Waals surface area (Å²) in [6.07, 6.45) is 0. The zero-order chi connectivity index (χ0) is 7.40. The molecule has 0 unspecified atom stereocenters. The van der Waals surface area contributed by atoms with Crippen molar-refractivity contribution in [2.45, 2.75) is 0 Å². The molecule has 0 atom stereocenters. The van der Waals surface area contributed by atoms with Gasteiger partial charge in [0.05, 0.1) is 0 Å². The normalized spacial score (nSPS) is 19.0. The maximum atomic E-state index is 3.18. The van der Waals surface area contributed by atoms with E-state index in [2.05, 4.69) is 25.9 Å². The van der Waals surface area contributed by atoms with E-state index in [1.54, 1.807) is 7.55 Å². The molecule has 1 aliphatic heterocycles. The van der Waals surface area contributed by atoms with Crippen molar-refractivity contribution < 1.29 is 0 Å². The summed E-state index contributed by atoms with van der Waals surface area (Å²) in [4.78, 5) is 0. The van der Waals surface area contributed by atoms with E-state index in [1.807, 2.05) is 14.1 Å². The molecule has 0 amide bonds. The van der Waals surface area contributed by atoms with E-state index in [0.717, 1.165) is 0 Å². The Balaban J connectivity index is 2.25. The molecule has 5 N–H and O–H groups in total. The molecule has 1 radical (unpaired) electrons. The molecule has 0 aromatic carbocycles. The van der Waals surface area contributed by atoms with E-state index in [-0.39, 0.29) is 14.2 Å². The Kier molecular flexibility index (Phi) is 3.23. The van der Waals surface area contributed by atoms with Crippen LogP contribution in [0.15, 0.2) is 0 Å². The Labute approximate surface area is 62.7 Å². The molecule has 10 heavy (non-hydrogen) atoms. The van der Waals surface area contributed by atoms with E-state index in [4.69, 9.17) is 0 Å². The molecule has 0 bridgehead atoms. The summed E-state index contributed by atoms with van der Waals surface area (Å²) < 4.78 is 0. The van der Waals surface area contributed by atoms with Gasteiger partial charge in [0.25, 0.3) is 7.55 Å². The van der Waals surface area contributed by atoms with Crippen molar-refractivity contribution in [2.75, 3.05) is 14.1 Å². The van der Waals surface area contributed by atoms with Crippen LogP contribution in [0.1, 0.15) is 0 Å². The van der Waals surface area contributed by atoms with Crippen LogP contribution in [-0.4, -0.2) is 35.9 Å². The van der Waals surface area contributed by atoms with E-state index in [1.165, 1.54) is 0 Å². The fraction of sp³-hybridized carbons (Fsp3) is 1.00. The third-order valence-electron chi connectivity index (χ3n) is 1.41. The highest BCUT2D eigenvalue weighted by molar-refractivity contribution is 6.79. The van der Waals surface area contributed by atoms with E-state index in [9.17, 15) is 0 Å². The monoisotopic (exact) mass is 138 g/mol. The van der Waals surface area contributed by atoms with Gasteiger partial charge in [0.2, 0.25) is 0 Å². The van der Waals surface area contributed by atoms with Crippen molar-refractivity contribution in [3.8, 4) is 0 Å². The van der Waals surface area contributed by atoms with E-state index >= 15 is 0 Å². The first-order valence-corrected chi connectivity index (χ1v) is 3.31. The van der Waals surface area contributed by atoms with Gasteiger partial charge in [-0.25, -0.2) is 0 Å². The second-order valence-corrected chi connectivity index (χ2v) is 2.09. The van der Waals surface area contributed by atoms with Crippen LogP contribution in [0.2, 0.25) is 0 Å². The van der Waals surface area contributed by atoms with Crippen molar-refractivity contribution in [2.24, 2.45) is 0 Å². The van der Waals surface area contributed by atoms with E-state index in [0.29, 0.717) is 0 Å². The summed E-state index contributed by atoms with van der Waals surface area (Å²) in [5.41, 5.74) is 0. The topological polar surface area (TPSA) is 60.1 Å². The minimum atomic E-state index is 0.138. The predicted octanol–water partition coefficient (Wildman–Crippen LogP) is -3.29. The van der Waals surface area contributed by atoms with E-state index < -0.39 is 0 Å². The van der Waals surface area contributed by atoms with Crippen LogP contribution in [0.3, 0.4) is 0 Å². The summed E-state index contributed by atoms with van der Waals surface area (Å²) in [5.74, 6) is 0. The Morgan fingerprint density at radius 2 is 1.60 bits per heavy atom. The Morgan fingerprint density at radius 1 is 1.10 bits per heavy atom. The first kappa shape index (κ1) is 8.09. The van der Waals surface area contributed by atoms with Crippen molar-refractivity contribution in [1.29, 1.82) is 0 Å². The molecule has 1 rings (SSSR count). The standard InChI is InChI=1S/C2H11B3N5/c1-6-4-8-3-9-5(7-2)10-4/h6-10H,1-2H3. The number of hydrogen-bond acceptors (Lipinski definition) is 5. The lowest BCUT2D eigenvalue weighted by Crippen LogP contribution is -2.77. The lowest BCUT2D eigenvalue weighted by atomic mass is 9.70. The van der Waals surface area contributed by atoms with Crippen LogP contribution in [0.4, 0.5) is 0 Å². The third kappa shape index (κ3) is 2.00. The number of rotatable bonds is 2. The summed E-state index contributed by atoms with van der Waals surface area (Å²) in [7, 11) is 5.85. The van der Waals surface area contributed by atoms with Crippen LogP contribution in [0, 0.1) is 0 Å². The number of nitrogens with one attached hydrogen (secondary N) is 5. The molecular formula is C2H11B3N5. The lowest BCUT2D eigenvalue weighted by molar-refractivity contribution is 1.01. The van der Waals surface area contributed by atoms with Crippen molar-refractivity contribution in [1.82, 2.24) is 25.9 Å². The molecule has 8 heteroatoms. The first-order chi connectivity index (χ1) is 4.86. The maximum absolute atomic E-state index is 3.18. The van der Waals surface area contributed by atoms with Gasteiger partial charge < -0.3 is 25.9 Å². The van der Waals surface area contributed by atoms with Crippen molar-refractivity contribution in [3.63, 3.8) is 0 Å². The summed E-state index contributed by atoms with van der Waals surface area (Å²) >= 11 is 0. The predicted molar refractivity (Wildman–Crippen MR) is 44.8 cm³/mol. The van der Waals surface area contributed by atoms with Crippen LogP contribution >= 0.6 is 0 Å². The molecule has 1 aliphatic rings. The van der Waals surface area contributed by atoms with Gasteiger partial charge in [-0.05, 0) is 14.1 Å². The highest BCUT2D eigenvalue weighted by atomic mass is 15.2. The molecular weight excluding hydrogens is 126 g/mol. The Hall–Kier alpha value is -0.00519. The zero-order valence-electron chi connectivity index (χ0n) is 6.23. The van der Waals surface area contributed by atoms with Gasteiger partial charge in [-0.15, -0.1) is 0 Å². The molecule has 0 aromatic rings. The molecule has 1 fully saturated rings. The summed E-state index contributed by atoms with van der Waals surface area (Å²) in [6.45, 7) is 0. The highest BCUT2D eigenvalue weighted by Gasteiger charge is 2.25. The number of hydrogen-bond donors (Lipinski definition) is 5. The van der Waals surface area contributed by atoms with Crippen LogP contribution < -0.4 is 25.9 Å². The largest absolute Gasteiger partial charge is 0.374 e. The Bertz CT molecular complexity index is 90.9. The van der Waals surface area contributed by atoms with Gasteiger partial charge in [-0.3, -0.25) is 0 Å². The molecule has 0 aromatic heterocycles. The second kappa shape index (κ2) is 4.00. The third-order valence-corrected chi connectivity index (χ3v) is 1.41. The lowest BCUT2D eigenvalue weighted by Gasteiger charge is -2.25. The van der Waals surface area contributed by atoms with Crippen LogP contribution in [-0.2, 0) is 0 Å². The molecule has 5 nitrogen and oxygen atoms in total. The smallest absolute Gasteiger partial charge is 0.360 e. The fourth-order valence-corrected chi connectivity index (χ4v) is 0.811. The summed E-state index contributed by atoms with van der Waals surface area (Å²) in [5, 5.41) is 15.3. The minimum Gasteiger partial charge on any atom is -0.360 e. The first-order valence-electron chi connectivity index (χ1n) is 3.31. The van der Waals surface area contributed by atoms with Crippen LogP contribution in [0.25, 0.3) is 0 Å². The highest BCUT2D eigenvalue weighted by Crippen LogP contribution is 1.69. The SMILES string of the molecule is CNB1N[B]NB(NC)N1. The van der Waals surface area contributed by atoms with Crippen LogP contribution in [0.5, 0.6) is 0 Å². The molecule has 1 saturated heterocycles. The van der Waals surface area contributed by atoms with Gasteiger partial charge in [0, 0.05) is 0 Å². The Morgan fingerprint density at radius 3 is 2.00 bits per heavy atom. The molecule has 0 spiro atoms. The summed E-state index contributed by atoms with van der Waals surface area (Å²) in [6, 6.07) is 0. The maximum Gasteiger partial charge on any atom is 0.374 e.